The monoisotopic (exact) mass is 279 g/mol. The molecular weight excluding hydrogens is 258 g/mol. The number of carboxylic acid groups (broad SMARTS) is 1. The molecule has 0 fully saturated rings. The van der Waals surface area contributed by atoms with Crippen molar-refractivity contribution in [2.45, 2.75) is 32.2 Å². The zero-order valence-corrected chi connectivity index (χ0v) is 11.8. The van der Waals surface area contributed by atoms with Crippen molar-refractivity contribution in [3.8, 4) is 0 Å². The van der Waals surface area contributed by atoms with Crippen molar-refractivity contribution in [1.82, 2.24) is 5.32 Å². The Kier molecular flexibility index (Phi) is 6.35. The standard InChI is InChI=1S/C15H21NO4/c1-10(2)11-3-5-12(6-4-11)15(20)13(9-14(18)19)16-7-8-17/h3-6,10,13,16-17H,7-9H2,1-2H3,(H,18,19). The number of ketones is 1. The lowest BCUT2D eigenvalue weighted by Gasteiger charge is -2.15. The van der Waals surface area contributed by atoms with E-state index in [1.807, 2.05) is 12.1 Å². The number of hydrogen-bond acceptors (Lipinski definition) is 4. The van der Waals surface area contributed by atoms with Gasteiger partial charge in [-0.3, -0.25) is 9.59 Å². The van der Waals surface area contributed by atoms with Crippen LogP contribution in [0.1, 0.15) is 42.1 Å². The zero-order valence-electron chi connectivity index (χ0n) is 11.8. The van der Waals surface area contributed by atoms with Crippen LogP contribution in [0.5, 0.6) is 0 Å². The fourth-order valence-electron chi connectivity index (χ4n) is 1.90. The van der Waals surface area contributed by atoms with Gasteiger partial charge < -0.3 is 15.5 Å². The quantitative estimate of drug-likeness (QED) is 0.626. The van der Waals surface area contributed by atoms with Crippen LogP contribution in [-0.4, -0.2) is 41.2 Å². The van der Waals surface area contributed by atoms with Gasteiger partial charge in [-0.25, -0.2) is 0 Å². The van der Waals surface area contributed by atoms with E-state index in [0.717, 1.165) is 5.56 Å². The topological polar surface area (TPSA) is 86.6 Å². The van der Waals surface area contributed by atoms with E-state index in [-0.39, 0.29) is 25.4 Å². The molecule has 1 unspecified atom stereocenters. The van der Waals surface area contributed by atoms with E-state index in [9.17, 15) is 9.59 Å². The van der Waals surface area contributed by atoms with Crippen LogP contribution < -0.4 is 5.32 Å². The zero-order chi connectivity index (χ0) is 15.1. The number of aliphatic carboxylic acids is 1. The van der Waals surface area contributed by atoms with E-state index in [4.69, 9.17) is 10.2 Å². The summed E-state index contributed by atoms with van der Waals surface area (Å²) in [6.45, 7) is 4.17. The molecule has 5 nitrogen and oxygen atoms in total. The third kappa shape index (κ3) is 4.75. The Labute approximate surface area is 118 Å². The maximum absolute atomic E-state index is 12.3. The molecule has 110 valence electrons. The molecule has 1 aromatic carbocycles. The Morgan fingerprint density at radius 3 is 2.25 bits per heavy atom. The first-order valence-electron chi connectivity index (χ1n) is 6.66. The van der Waals surface area contributed by atoms with Crippen LogP contribution in [0.2, 0.25) is 0 Å². The van der Waals surface area contributed by atoms with Gasteiger partial charge in [0.1, 0.15) is 0 Å². The van der Waals surface area contributed by atoms with Gasteiger partial charge in [-0.1, -0.05) is 38.1 Å². The predicted molar refractivity (Wildman–Crippen MR) is 76.0 cm³/mol. The Hall–Kier alpha value is -1.72. The lowest BCUT2D eigenvalue weighted by molar-refractivity contribution is -0.137. The molecule has 3 N–H and O–H groups in total. The first kappa shape index (κ1) is 16.3. The van der Waals surface area contributed by atoms with Crippen molar-refractivity contribution in [3.05, 3.63) is 35.4 Å². The summed E-state index contributed by atoms with van der Waals surface area (Å²) >= 11 is 0. The van der Waals surface area contributed by atoms with E-state index in [0.29, 0.717) is 11.5 Å². The molecule has 1 atom stereocenters. The van der Waals surface area contributed by atoms with E-state index in [1.54, 1.807) is 12.1 Å². The number of benzene rings is 1. The maximum atomic E-state index is 12.3. The van der Waals surface area contributed by atoms with Crippen molar-refractivity contribution < 1.29 is 19.8 Å². The summed E-state index contributed by atoms with van der Waals surface area (Å²) in [6.07, 6.45) is -0.301. The molecule has 20 heavy (non-hydrogen) atoms. The van der Waals surface area contributed by atoms with Crippen LogP contribution in [-0.2, 0) is 4.79 Å². The second kappa shape index (κ2) is 7.77. The first-order valence-corrected chi connectivity index (χ1v) is 6.66. The Bertz CT molecular complexity index is 453. The normalized spacial score (nSPS) is 12.4. The van der Waals surface area contributed by atoms with Crippen LogP contribution in [0.3, 0.4) is 0 Å². The molecule has 5 heteroatoms. The predicted octanol–water partition coefficient (Wildman–Crippen LogP) is 1.42. The molecule has 1 rings (SSSR count). The second-order valence-electron chi connectivity index (χ2n) is 4.97. The number of Topliss-reactive ketones (excluding diaryl/α,β-unsaturated/α-hetero) is 1. The van der Waals surface area contributed by atoms with Crippen molar-refractivity contribution in [2.24, 2.45) is 0 Å². The summed E-state index contributed by atoms with van der Waals surface area (Å²) in [5, 5.41) is 20.4. The minimum atomic E-state index is -1.05. The summed E-state index contributed by atoms with van der Waals surface area (Å²) < 4.78 is 0. The highest BCUT2D eigenvalue weighted by Crippen LogP contribution is 2.16. The lowest BCUT2D eigenvalue weighted by atomic mass is 9.97. The SMILES string of the molecule is CC(C)c1ccc(C(=O)C(CC(=O)O)NCCO)cc1. The van der Waals surface area contributed by atoms with E-state index in [1.165, 1.54) is 0 Å². The largest absolute Gasteiger partial charge is 0.481 e. The van der Waals surface area contributed by atoms with Gasteiger partial charge in [0.05, 0.1) is 19.1 Å². The third-order valence-corrected chi connectivity index (χ3v) is 3.06. The van der Waals surface area contributed by atoms with Gasteiger partial charge >= 0.3 is 5.97 Å². The number of carbonyl (C=O) groups excluding carboxylic acids is 1. The smallest absolute Gasteiger partial charge is 0.305 e. The van der Waals surface area contributed by atoms with E-state index >= 15 is 0 Å². The Morgan fingerprint density at radius 1 is 1.20 bits per heavy atom. The van der Waals surface area contributed by atoms with Gasteiger partial charge in [-0.05, 0) is 11.5 Å². The fourth-order valence-corrected chi connectivity index (χ4v) is 1.90. The highest BCUT2D eigenvalue weighted by molar-refractivity contribution is 6.01. The fraction of sp³-hybridized carbons (Fsp3) is 0.467. The lowest BCUT2D eigenvalue weighted by Crippen LogP contribution is -2.40. The van der Waals surface area contributed by atoms with Gasteiger partial charge in [0.2, 0.25) is 0 Å². The average molecular weight is 279 g/mol. The molecule has 0 aliphatic carbocycles. The number of nitrogens with one attached hydrogen (secondary N) is 1. The maximum Gasteiger partial charge on any atom is 0.305 e. The van der Waals surface area contributed by atoms with Gasteiger partial charge in [0.15, 0.2) is 5.78 Å². The average Bonchev–Trinajstić information content (AvgIpc) is 2.42. The number of rotatable bonds is 8. The van der Waals surface area contributed by atoms with Crippen molar-refractivity contribution in [1.29, 1.82) is 0 Å². The molecule has 0 saturated heterocycles. The van der Waals surface area contributed by atoms with E-state index in [2.05, 4.69) is 19.2 Å². The van der Waals surface area contributed by atoms with Crippen LogP contribution in [0.15, 0.2) is 24.3 Å². The minimum absolute atomic E-state index is 0.143. The summed E-state index contributed by atoms with van der Waals surface area (Å²) in [4.78, 5) is 23.1. The van der Waals surface area contributed by atoms with Crippen molar-refractivity contribution >= 4 is 11.8 Å². The number of carboxylic acids is 1. The van der Waals surface area contributed by atoms with Crippen LogP contribution >= 0.6 is 0 Å². The molecular formula is C15H21NO4. The van der Waals surface area contributed by atoms with Crippen LogP contribution in [0.4, 0.5) is 0 Å². The summed E-state index contributed by atoms with van der Waals surface area (Å²) in [7, 11) is 0. The summed E-state index contributed by atoms with van der Waals surface area (Å²) in [5.41, 5.74) is 1.60. The number of hydrogen-bond donors (Lipinski definition) is 3. The minimum Gasteiger partial charge on any atom is -0.481 e. The highest BCUT2D eigenvalue weighted by Gasteiger charge is 2.22. The Morgan fingerprint density at radius 2 is 1.80 bits per heavy atom. The number of aliphatic hydroxyl groups is 1. The Balaban J connectivity index is 2.84. The molecule has 0 amide bonds. The third-order valence-electron chi connectivity index (χ3n) is 3.06. The van der Waals surface area contributed by atoms with Crippen molar-refractivity contribution in [3.63, 3.8) is 0 Å². The molecule has 0 aliphatic rings. The van der Waals surface area contributed by atoms with Gasteiger partial charge in [-0.15, -0.1) is 0 Å². The highest BCUT2D eigenvalue weighted by atomic mass is 16.4. The second-order valence-corrected chi connectivity index (χ2v) is 4.97. The van der Waals surface area contributed by atoms with Crippen LogP contribution in [0.25, 0.3) is 0 Å². The molecule has 0 spiro atoms. The molecule has 0 aliphatic heterocycles. The molecule has 0 aromatic heterocycles. The van der Waals surface area contributed by atoms with E-state index < -0.39 is 12.0 Å². The number of aliphatic hydroxyl groups excluding tert-OH is 1. The first-order chi connectivity index (χ1) is 9.45. The van der Waals surface area contributed by atoms with Gasteiger partial charge in [0.25, 0.3) is 0 Å². The molecule has 0 saturated carbocycles. The van der Waals surface area contributed by atoms with Gasteiger partial charge in [-0.2, -0.15) is 0 Å². The van der Waals surface area contributed by atoms with Crippen LogP contribution in [0, 0.1) is 0 Å². The molecule has 1 aromatic rings. The number of carbonyl (C=O) groups is 2. The molecule has 0 radical (unpaired) electrons. The molecule has 0 bridgehead atoms. The summed E-state index contributed by atoms with van der Waals surface area (Å²) in [6, 6.07) is 6.37. The molecule has 0 heterocycles. The van der Waals surface area contributed by atoms with Crippen molar-refractivity contribution in [2.75, 3.05) is 13.2 Å². The van der Waals surface area contributed by atoms with Gasteiger partial charge in [0, 0.05) is 12.1 Å². The summed E-state index contributed by atoms with van der Waals surface area (Å²) in [5.74, 6) is -0.940.